The minimum Gasteiger partial charge on any atom is -0.396 e. The van der Waals surface area contributed by atoms with Gasteiger partial charge in [-0.3, -0.25) is 9.48 Å². The lowest BCUT2D eigenvalue weighted by Gasteiger charge is -2.16. The molecule has 7 heteroatoms. The summed E-state index contributed by atoms with van der Waals surface area (Å²) in [5.74, 6) is -0.210. The normalized spacial score (nSPS) is 12.1. The third-order valence-corrected chi connectivity index (χ3v) is 4.28. The lowest BCUT2D eigenvalue weighted by molar-refractivity contribution is 0.0940. The number of aromatic nitrogens is 3. The number of halogens is 1. The third-order valence-electron chi connectivity index (χ3n) is 4.28. The fourth-order valence-corrected chi connectivity index (χ4v) is 2.88. The van der Waals surface area contributed by atoms with Crippen LogP contribution in [-0.2, 0) is 13.5 Å². The van der Waals surface area contributed by atoms with Gasteiger partial charge in [-0.15, -0.1) is 0 Å². The van der Waals surface area contributed by atoms with E-state index in [1.807, 2.05) is 29.1 Å². The highest BCUT2D eigenvalue weighted by Crippen LogP contribution is 2.15. The number of rotatable bonds is 7. The fraction of sp³-hybridized carbons (Fsp3) is 0.263. The minimum absolute atomic E-state index is 0.147. The summed E-state index contributed by atoms with van der Waals surface area (Å²) in [5, 5.41) is 16.5. The molecule has 0 aliphatic carbocycles. The molecule has 0 saturated carbocycles. The molecule has 2 N–H and O–H groups in total. The zero-order valence-electron chi connectivity index (χ0n) is 14.5. The fourth-order valence-electron chi connectivity index (χ4n) is 2.88. The molecule has 26 heavy (non-hydrogen) atoms. The van der Waals surface area contributed by atoms with Crippen molar-refractivity contribution < 1.29 is 14.3 Å². The van der Waals surface area contributed by atoms with Crippen LogP contribution >= 0.6 is 0 Å². The van der Waals surface area contributed by atoms with Gasteiger partial charge in [0.05, 0.1) is 6.20 Å². The standard InChI is InChI=1S/C19H21FN4O2/c1-23-19(24-8-4-5-9-24)16(12-22-23)18(26)21-11-14(13-25)10-15-6-2-3-7-17(15)20/h2-9,12,14,25H,10-11,13H2,1H3,(H,21,26)/t14-/m1/s1. The highest BCUT2D eigenvalue weighted by molar-refractivity contribution is 5.97. The van der Waals surface area contributed by atoms with Crippen LogP contribution < -0.4 is 5.32 Å². The molecule has 0 fully saturated rings. The second-order valence-electron chi connectivity index (χ2n) is 6.15. The van der Waals surface area contributed by atoms with Crippen molar-refractivity contribution in [3.63, 3.8) is 0 Å². The lowest BCUT2D eigenvalue weighted by Crippen LogP contribution is -2.32. The molecular formula is C19H21FN4O2. The molecule has 0 saturated heterocycles. The summed E-state index contributed by atoms with van der Waals surface area (Å²) in [4.78, 5) is 12.6. The van der Waals surface area contributed by atoms with Crippen LogP contribution in [0.5, 0.6) is 0 Å². The van der Waals surface area contributed by atoms with E-state index in [0.29, 0.717) is 23.4 Å². The largest absolute Gasteiger partial charge is 0.396 e. The topological polar surface area (TPSA) is 72.1 Å². The Morgan fingerprint density at radius 1 is 1.27 bits per heavy atom. The van der Waals surface area contributed by atoms with E-state index in [0.717, 1.165) is 0 Å². The first-order valence-corrected chi connectivity index (χ1v) is 8.38. The number of aliphatic hydroxyl groups excluding tert-OH is 1. The van der Waals surface area contributed by atoms with Gasteiger partial charge in [-0.05, 0) is 30.2 Å². The van der Waals surface area contributed by atoms with E-state index in [1.54, 1.807) is 29.9 Å². The Kier molecular flexibility index (Phi) is 5.48. The number of hydrogen-bond acceptors (Lipinski definition) is 3. The van der Waals surface area contributed by atoms with Crippen molar-refractivity contribution in [1.29, 1.82) is 0 Å². The van der Waals surface area contributed by atoms with Crippen LogP contribution in [0, 0.1) is 11.7 Å². The predicted octanol–water partition coefficient (Wildman–Crippen LogP) is 1.93. The molecule has 3 rings (SSSR count). The van der Waals surface area contributed by atoms with E-state index in [2.05, 4.69) is 10.4 Å². The number of carbonyl (C=O) groups is 1. The molecule has 0 unspecified atom stereocenters. The zero-order chi connectivity index (χ0) is 18.5. The van der Waals surface area contributed by atoms with E-state index in [9.17, 15) is 14.3 Å². The Hall–Kier alpha value is -2.93. The Balaban J connectivity index is 1.68. The van der Waals surface area contributed by atoms with Crippen molar-refractivity contribution in [1.82, 2.24) is 19.7 Å². The molecule has 0 aliphatic rings. The zero-order valence-corrected chi connectivity index (χ0v) is 14.5. The summed E-state index contributed by atoms with van der Waals surface area (Å²) < 4.78 is 17.2. The van der Waals surface area contributed by atoms with Crippen LogP contribution in [0.4, 0.5) is 4.39 Å². The summed E-state index contributed by atoms with van der Waals surface area (Å²) >= 11 is 0. The first-order chi connectivity index (χ1) is 12.6. The van der Waals surface area contributed by atoms with Gasteiger partial charge in [-0.2, -0.15) is 5.10 Å². The quantitative estimate of drug-likeness (QED) is 0.679. The molecule has 1 amide bonds. The maximum absolute atomic E-state index is 13.8. The molecule has 1 atom stereocenters. The smallest absolute Gasteiger partial charge is 0.256 e. The van der Waals surface area contributed by atoms with Crippen LogP contribution in [0.2, 0.25) is 0 Å². The van der Waals surface area contributed by atoms with Crippen LogP contribution in [-0.4, -0.2) is 38.5 Å². The van der Waals surface area contributed by atoms with Gasteiger partial charge in [-0.25, -0.2) is 4.39 Å². The first kappa shape index (κ1) is 17.9. The number of aliphatic hydroxyl groups is 1. The summed E-state index contributed by atoms with van der Waals surface area (Å²) in [6.07, 6.45) is 5.53. The average molecular weight is 356 g/mol. The molecule has 6 nitrogen and oxygen atoms in total. The highest BCUT2D eigenvalue weighted by Gasteiger charge is 2.19. The lowest BCUT2D eigenvalue weighted by atomic mass is 9.99. The maximum Gasteiger partial charge on any atom is 0.256 e. The van der Waals surface area contributed by atoms with E-state index in [-0.39, 0.29) is 30.8 Å². The Morgan fingerprint density at radius 2 is 2.00 bits per heavy atom. The summed E-state index contributed by atoms with van der Waals surface area (Å²) in [6.45, 7) is 0.0930. The van der Waals surface area contributed by atoms with E-state index in [4.69, 9.17) is 0 Å². The Labute approximate surface area is 150 Å². The van der Waals surface area contributed by atoms with Crippen molar-refractivity contribution >= 4 is 5.91 Å². The predicted molar refractivity (Wildman–Crippen MR) is 95.5 cm³/mol. The van der Waals surface area contributed by atoms with Crippen LogP contribution in [0.25, 0.3) is 5.82 Å². The van der Waals surface area contributed by atoms with Gasteiger partial charge in [-0.1, -0.05) is 18.2 Å². The molecule has 0 aliphatic heterocycles. The summed E-state index contributed by atoms with van der Waals surface area (Å²) in [6, 6.07) is 10.2. The van der Waals surface area contributed by atoms with Gasteiger partial charge in [0.15, 0.2) is 0 Å². The number of nitrogens with one attached hydrogen (secondary N) is 1. The van der Waals surface area contributed by atoms with E-state index in [1.165, 1.54) is 12.3 Å². The van der Waals surface area contributed by atoms with Crippen LogP contribution in [0.1, 0.15) is 15.9 Å². The van der Waals surface area contributed by atoms with Crippen LogP contribution in [0.3, 0.4) is 0 Å². The number of amides is 1. The van der Waals surface area contributed by atoms with Crippen molar-refractivity contribution in [2.75, 3.05) is 13.2 Å². The van der Waals surface area contributed by atoms with Crippen LogP contribution in [0.15, 0.2) is 55.0 Å². The van der Waals surface area contributed by atoms with Crippen molar-refractivity contribution in [3.8, 4) is 5.82 Å². The number of benzene rings is 1. The van der Waals surface area contributed by atoms with Crippen molar-refractivity contribution in [2.45, 2.75) is 6.42 Å². The molecule has 2 heterocycles. The SMILES string of the molecule is Cn1ncc(C(=O)NC[C@H](CO)Cc2ccccc2F)c1-n1cccc1. The van der Waals surface area contributed by atoms with E-state index < -0.39 is 0 Å². The van der Waals surface area contributed by atoms with Gasteiger partial charge >= 0.3 is 0 Å². The highest BCUT2D eigenvalue weighted by atomic mass is 19.1. The Morgan fingerprint density at radius 3 is 2.69 bits per heavy atom. The maximum atomic E-state index is 13.8. The first-order valence-electron chi connectivity index (χ1n) is 8.38. The van der Waals surface area contributed by atoms with Crippen molar-refractivity contribution in [2.24, 2.45) is 13.0 Å². The third kappa shape index (κ3) is 3.83. The number of aryl methyl sites for hydroxylation is 1. The molecule has 2 aromatic heterocycles. The number of nitrogens with zero attached hydrogens (tertiary/aromatic N) is 3. The van der Waals surface area contributed by atoms with Gasteiger partial charge in [0.2, 0.25) is 0 Å². The molecule has 0 bridgehead atoms. The van der Waals surface area contributed by atoms with Gasteiger partial charge in [0.25, 0.3) is 5.91 Å². The number of hydrogen-bond donors (Lipinski definition) is 2. The monoisotopic (exact) mass is 356 g/mol. The van der Waals surface area contributed by atoms with E-state index >= 15 is 0 Å². The molecule has 3 aromatic rings. The second kappa shape index (κ2) is 7.97. The van der Waals surface area contributed by atoms with Gasteiger partial charge in [0, 0.05) is 38.5 Å². The Bertz CT molecular complexity index is 874. The molecule has 136 valence electrons. The number of carbonyl (C=O) groups excluding carboxylic acids is 1. The second-order valence-corrected chi connectivity index (χ2v) is 6.15. The summed E-state index contributed by atoms with van der Waals surface area (Å²) in [5.41, 5.74) is 0.960. The van der Waals surface area contributed by atoms with Crippen molar-refractivity contribution in [3.05, 3.63) is 71.9 Å². The molecule has 1 aromatic carbocycles. The van der Waals surface area contributed by atoms with Gasteiger partial charge in [0.1, 0.15) is 17.2 Å². The average Bonchev–Trinajstić information content (AvgIpc) is 3.29. The molecule has 0 spiro atoms. The molecular weight excluding hydrogens is 335 g/mol. The summed E-state index contributed by atoms with van der Waals surface area (Å²) in [7, 11) is 1.76. The minimum atomic E-state index is -0.306. The van der Waals surface area contributed by atoms with Gasteiger partial charge < -0.3 is 15.0 Å². The molecule has 0 radical (unpaired) electrons.